The molecule has 0 aliphatic carbocycles. The number of carbonyl (C=O) groups excluding carboxylic acids is 1. The zero-order valence-corrected chi connectivity index (χ0v) is 24.0. The first-order chi connectivity index (χ1) is 18.4. The molecule has 0 unspecified atom stereocenters. The second-order valence-corrected chi connectivity index (χ2v) is 11.4. The van der Waals surface area contributed by atoms with Crippen LogP contribution in [0.1, 0.15) is 15.9 Å². The Morgan fingerprint density at radius 1 is 0.711 bits per heavy atom. The minimum absolute atomic E-state index is 0.423. The van der Waals surface area contributed by atoms with Crippen molar-refractivity contribution < 1.29 is 4.79 Å². The highest BCUT2D eigenvalue weighted by atomic mass is 79.9. The number of hydrogen-bond acceptors (Lipinski definition) is 5. The molecule has 0 atom stereocenters. The Morgan fingerprint density at radius 3 is 1.61 bits per heavy atom. The smallest absolute Gasteiger partial charge is 0.167 e. The first kappa shape index (κ1) is 26.2. The number of nitrogens with zero attached hydrogens (tertiary/aromatic N) is 6. The van der Waals surface area contributed by atoms with Crippen LogP contribution in [-0.4, -0.2) is 35.5 Å². The fourth-order valence-corrected chi connectivity index (χ4v) is 4.65. The maximum absolute atomic E-state index is 10.9. The normalized spacial score (nSPS) is 10.7. The molecule has 2 aromatic carbocycles. The summed E-state index contributed by atoms with van der Waals surface area (Å²) in [6.07, 6.45) is 5.79. The molecule has 0 saturated heterocycles. The number of halogens is 4. The lowest BCUT2D eigenvalue weighted by Crippen LogP contribution is -1.95. The van der Waals surface area contributed by atoms with Crippen LogP contribution in [0.5, 0.6) is 0 Å². The summed E-state index contributed by atoms with van der Waals surface area (Å²) in [6, 6.07) is 23.1. The van der Waals surface area contributed by atoms with Crippen LogP contribution in [0, 0.1) is 0 Å². The molecule has 4 heterocycles. The topological polar surface area (TPSA) is 77.5 Å². The minimum Gasteiger partial charge on any atom is -0.298 e. The molecule has 6 aromatic rings. The SMILES string of the molecule is Clc1cc(-c2ccccc2)nc2c(C=C(Br)Br)cnn12.O=Cc1cnn2c(Cl)cc(-c3ccccc3)nc12. The first-order valence-electron chi connectivity index (χ1n) is 11.1. The Morgan fingerprint density at radius 2 is 1.16 bits per heavy atom. The maximum atomic E-state index is 10.9. The van der Waals surface area contributed by atoms with Crippen LogP contribution < -0.4 is 0 Å². The summed E-state index contributed by atoms with van der Waals surface area (Å²) in [5, 5.41) is 9.21. The van der Waals surface area contributed by atoms with E-state index < -0.39 is 0 Å². The van der Waals surface area contributed by atoms with Crippen molar-refractivity contribution in [2.45, 2.75) is 0 Å². The highest BCUT2D eigenvalue weighted by molar-refractivity contribution is 9.28. The average molecular weight is 671 g/mol. The van der Waals surface area contributed by atoms with Gasteiger partial charge in [-0.1, -0.05) is 83.9 Å². The van der Waals surface area contributed by atoms with E-state index in [-0.39, 0.29) is 0 Å². The van der Waals surface area contributed by atoms with Gasteiger partial charge in [0, 0.05) is 28.8 Å². The lowest BCUT2D eigenvalue weighted by atomic mass is 10.1. The largest absolute Gasteiger partial charge is 0.298 e. The van der Waals surface area contributed by atoms with E-state index in [0.717, 1.165) is 37.8 Å². The summed E-state index contributed by atoms with van der Waals surface area (Å²) in [5.74, 6) is 0. The second kappa shape index (κ2) is 11.6. The summed E-state index contributed by atoms with van der Waals surface area (Å²) >= 11 is 19.1. The summed E-state index contributed by atoms with van der Waals surface area (Å²) in [7, 11) is 0. The highest BCUT2D eigenvalue weighted by Gasteiger charge is 2.12. The minimum atomic E-state index is 0.423. The van der Waals surface area contributed by atoms with E-state index in [9.17, 15) is 4.79 Å². The van der Waals surface area contributed by atoms with Crippen molar-refractivity contribution in [3.63, 3.8) is 0 Å². The van der Waals surface area contributed by atoms with Gasteiger partial charge in [0.05, 0.1) is 32.7 Å². The Hall–Kier alpha value is -3.37. The molecule has 6 rings (SSSR count). The molecule has 0 aliphatic heterocycles. The quantitative estimate of drug-likeness (QED) is 0.140. The van der Waals surface area contributed by atoms with Crippen molar-refractivity contribution in [3.8, 4) is 22.5 Å². The van der Waals surface area contributed by atoms with Crippen LogP contribution in [0.15, 0.2) is 88.6 Å². The van der Waals surface area contributed by atoms with Gasteiger partial charge in [0.15, 0.2) is 17.6 Å². The molecule has 38 heavy (non-hydrogen) atoms. The molecular weight excluding hydrogens is 655 g/mol. The van der Waals surface area contributed by atoms with Crippen molar-refractivity contribution in [1.29, 1.82) is 0 Å². The first-order valence-corrected chi connectivity index (χ1v) is 13.5. The van der Waals surface area contributed by atoms with Crippen LogP contribution in [0.2, 0.25) is 10.3 Å². The van der Waals surface area contributed by atoms with Crippen molar-refractivity contribution in [2.75, 3.05) is 0 Å². The standard InChI is InChI=1S/C14H8Br2ClN3.C13H8ClN3O/c15-12(16)6-10-8-18-20-13(17)7-11(19-14(10)20)9-4-2-1-3-5-9;14-12-6-11(9-4-2-1-3-5-9)16-13-10(8-18)7-15-17(12)13/h1-8H;1-8H. The summed E-state index contributed by atoms with van der Waals surface area (Å²) < 4.78 is 3.88. The molecular formula is C27H16Br2Cl2N6O. The van der Waals surface area contributed by atoms with Gasteiger partial charge < -0.3 is 0 Å². The predicted molar refractivity (Wildman–Crippen MR) is 158 cm³/mol. The Labute approximate surface area is 244 Å². The van der Waals surface area contributed by atoms with Gasteiger partial charge in [0.2, 0.25) is 0 Å². The number of aromatic nitrogens is 6. The van der Waals surface area contributed by atoms with Gasteiger partial charge in [-0.25, -0.2) is 19.0 Å². The number of benzene rings is 2. The molecule has 7 nitrogen and oxygen atoms in total. The molecule has 0 amide bonds. The fraction of sp³-hybridized carbons (Fsp3) is 0. The molecule has 0 spiro atoms. The van der Waals surface area contributed by atoms with E-state index in [1.165, 1.54) is 10.7 Å². The van der Waals surface area contributed by atoms with Crippen molar-refractivity contribution >= 4 is 78.7 Å². The summed E-state index contributed by atoms with van der Waals surface area (Å²) in [4.78, 5) is 20.0. The molecule has 0 saturated carbocycles. The second-order valence-electron chi connectivity index (χ2n) is 7.88. The van der Waals surface area contributed by atoms with Gasteiger partial charge in [0.1, 0.15) is 10.3 Å². The molecule has 0 bridgehead atoms. The van der Waals surface area contributed by atoms with Gasteiger partial charge in [-0.2, -0.15) is 10.2 Å². The molecule has 11 heteroatoms. The Kier molecular flexibility index (Phi) is 7.99. The lowest BCUT2D eigenvalue weighted by Gasteiger charge is -2.04. The van der Waals surface area contributed by atoms with Crippen molar-refractivity contribution in [3.05, 3.63) is 110 Å². The lowest BCUT2D eigenvalue weighted by molar-refractivity contribution is 0.112. The number of aldehydes is 1. The molecule has 0 aliphatic rings. The number of hydrogen-bond donors (Lipinski definition) is 0. The van der Waals surface area contributed by atoms with Crippen LogP contribution in [0.4, 0.5) is 0 Å². The summed E-state index contributed by atoms with van der Waals surface area (Å²) in [6.45, 7) is 0. The maximum Gasteiger partial charge on any atom is 0.167 e. The van der Waals surface area contributed by atoms with E-state index in [4.69, 9.17) is 23.2 Å². The van der Waals surface area contributed by atoms with Gasteiger partial charge in [-0.05, 0) is 37.9 Å². The molecule has 0 fully saturated rings. The molecule has 188 valence electrons. The number of fused-ring (bicyclic) bond motifs is 2. The zero-order chi connectivity index (χ0) is 26.6. The Bertz CT molecular complexity index is 1780. The average Bonchev–Trinajstić information content (AvgIpc) is 3.54. The monoisotopic (exact) mass is 668 g/mol. The van der Waals surface area contributed by atoms with Crippen LogP contribution >= 0.6 is 55.1 Å². The molecule has 4 aromatic heterocycles. The third-order valence-electron chi connectivity index (χ3n) is 5.44. The molecule has 0 N–H and O–H groups in total. The van der Waals surface area contributed by atoms with Gasteiger partial charge in [0.25, 0.3) is 0 Å². The van der Waals surface area contributed by atoms with Crippen LogP contribution in [0.3, 0.4) is 0 Å². The number of carbonyl (C=O) groups is 1. The van der Waals surface area contributed by atoms with Gasteiger partial charge >= 0.3 is 0 Å². The van der Waals surface area contributed by atoms with Crippen LogP contribution in [-0.2, 0) is 0 Å². The third kappa shape index (κ3) is 5.56. The predicted octanol–water partition coefficient (Wildman–Crippen LogP) is 8.00. The van der Waals surface area contributed by atoms with E-state index in [1.54, 1.807) is 16.8 Å². The highest BCUT2D eigenvalue weighted by Crippen LogP contribution is 2.26. The van der Waals surface area contributed by atoms with E-state index in [0.29, 0.717) is 27.2 Å². The van der Waals surface area contributed by atoms with Gasteiger partial charge in [-0.15, -0.1) is 0 Å². The Balaban J connectivity index is 0.000000156. The van der Waals surface area contributed by atoms with Gasteiger partial charge in [-0.3, -0.25) is 4.79 Å². The van der Waals surface area contributed by atoms with Crippen molar-refractivity contribution in [2.24, 2.45) is 0 Å². The van der Waals surface area contributed by atoms with E-state index in [2.05, 4.69) is 52.0 Å². The third-order valence-corrected chi connectivity index (χ3v) is 6.44. The molecule has 0 radical (unpaired) electrons. The fourth-order valence-electron chi connectivity index (χ4n) is 3.70. The summed E-state index contributed by atoms with van der Waals surface area (Å²) in [5.41, 5.74) is 6.00. The number of rotatable bonds is 4. The van der Waals surface area contributed by atoms with E-state index >= 15 is 0 Å². The van der Waals surface area contributed by atoms with Crippen molar-refractivity contribution in [1.82, 2.24) is 29.2 Å². The zero-order valence-electron chi connectivity index (χ0n) is 19.3. The van der Waals surface area contributed by atoms with Crippen LogP contribution in [0.25, 0.3) is 39.9 Å². The van der Waals surface area contributed by atoms with E-state index in [1.807, 2.05) is 72.8 Å².